The van der Waals surface area contributed by atoms with Gasteiger partial charge in [0.2, 0.25) is 5.91 Å². The lowest BCUT2D eigenvalue weighted by atomic mass is 10.1. The molecular weight excluding hydrogens is 320 g/mol. The van der Waals surface area contributed by atoms with Gasteiger partial charge in [-0.05, 0) is 44.0 Å². The highest BCUT2D eigenvalue weighted by atomic mass is 35.5. The maximum absolute atomic E-state index is 12.6. The zero-order valence-corrected chi connectivity index (χ0v) is 14.4. The van der Waals surface area contributed by atoms with Crippen LogP contribution < -0.4 is 10.1 Å². The van der Waals surface area contributed by atoms with Gasteiger partial charge in [0, 0.05) is 23.5 Å². The number of hydrogen-bond donors (Lipinski definition) is 1. The van der Waals surface area contributed by atoms with Crippen LogP contribution in [0.1, 0.15) is 19.3 Å². The van der Waals surface area contributed by atoms with Gasteiger partial charge < -0.3 is 15.0 Å². The second-order valence-electron chi connectivity index (χ2n) is 5.65. The molecule has 0 saturated carbocycles. The number of halogens is 1. The SMILES string of the molecule is COc1cccc(SCC(=O)N2C3CCNCC2CC3)c1.Cl. The van der Waals surface area contributed by atoms with Crippen molar-refractivity contribution >= 4 is 30.1 Å². The number of nitrogens with one attached hydrogen (secondary N) is 1. The molecule has 0 spiro atoms. The van der Waals surface area contributed by atoms with E-state index in [2.05, 4.69) is 10.2 Å². The van der Waals surface area contributed by atoms with E-state index in [1.807, 2.05) is 24.3 Å². The Morgan fingerprint density at radius 2 is 2.18 bits per heavy atom. The van der Waals surface area contributed by atoms with Crippen LogP contribution in [0.3, 0.4) is 0 Å². The van der Waals surface area contributed by atoms with E-state index in [1.54, 1.807) is 18.9 Å². The lowest BCUT2D eigenvalue weighted by Crippen LogP contribution is -2.43. The van der Waals surface area contributed by atoms with E-state index in [4.69, 9.17) is 4.74 Å². The first-order valence-corrected chi connectivity index (χ1v) is 8.55. The number of hydrogen-bond acceptors (Lipinski definition) is 4. The molecule has 4 nitrogen and oxygen atoms in total. The van der Waals surface area contributed by atoms with Gasteiger partial charge in [0.25, 0.3) is 0 Å². The standard InChI is InChI=1S/C16H22N2O2S.ClH/c1-20-14-3-2-4-15(9-14)21-11-16(19)18-12-5-6-13(18)10-17-8-7-12;/h2-4,9,12-13,17H,5-8,10-11H2,1H3;1H. The topological polar surface area (TPSA) is 41.6 Å². The number of methoxy groups -OCH3 is 1. The molecule has 1 N–H and O–H groups in total. The van der Waals surface area contributed by atoms with Crippen LogP contribution in [0.2, 0.25) is 0 Å². The Morgan fingerprint density at radius 3 is 3.00 bits per heavy atom. The first-order valence-electron chi connectivity index (χ1n) is 7.56. The van der Waals surface area contributed by atoms with Crippen LogP contribution in [-0.2, 0) is 4.79 Å². The number of carbonyl (C=O) groups is 1. The molecule has 2 atom stereocenters. The van der Waals surface area contributed by atoms with Gasteiger partial charge in [-0.3, -0.25) is 4.79 Å². The van der Waals surface area contributed by atoms with Crippen LogP contribution in [0.15, 0.2) is 29.2 Å². The van der Waals surface area contributed by atoms with Crippen molar-refractivity contribution in [2.24, 2.45) is 0 Å². The second kappa shape index (κ2) is 8.09. The average molecular weight is 343 g/mol. The van der Waals surface area contributed by atoms with Crippen molar-refractivity contribution in [1.29, 1.82) is 0 Å². The predicted molar refractivity (Wildman–Crippen MR) is 92.1 cm³/mol. The summed E-state index contributed by atoms with van der Waals surface area (Å²) in [5.41, 5.74) is 0. The third-order valence-corrected chi connectivity index (χ3v) is 5.32. The molecule has 0 aliphatic carbocycles. The minimum atomic E-state index is 0. The smallest absolute Gasteiger partial charge is 0.233 e. The van der Waals surface area contributed by atoms with Crippen molar-refractivity contribution in [2.45, 2.75) is 36.2 Å². The summed E-state index contributed by atoms with van der Waals surface area (Å²) in [6.45, 7) is 1.99. The normalized spacial score (nSPS) is 23.6. The molecule has 6 heteroatoms. The van der Waals surface area contributed by atoms with E-state index in [0.717, 1.165) is 36.6 Å². The Kier molecular flexibility index (Phi) is 6.41. The number of benzene rings is 1. The summed E-state index contributed by atoms with van der Waals surface area (Å²) in [5.74, 6) is 1.63. The first-order chi connectivity index (χ1) is 10.3. The van der Waals surface area contributed by atoms with E-state index >= 15 is 0 Å². The average Bonchev–Trinajstić information content (AvgIpc) is 2.78. The monoisotopic (exact) mass is 342 g/mol. The Hall–Kier alpha value is -0.910. The van der Waals surface area contributed by atoms with Gasteiger partial charge >= 0.3 is 0 Å². The highest BCUT2D eigenvalue weighted by Crippen LogP contribution is 2.30. The van der Waals surface area contributed by atoms with Crippen molar-refractivity contribution in [2.75, 3.05) is 26.0 Å². The van der Waals surface area contributed by atoms with Crippen molar-refractivity contribution in [1.82, 2.24) is 10.2 Å². The van der Waals surface area contributed by atoms with Crippen LogP contribution in [0, 0.1) is 0 Å². The lowest BCUT2D eigenvalue weighted by molar-refractivity contribution is -0.130. The summed E-state index contributed by atoms with van der Waals surface area (Å²) in [5, 5.41) is 3.44. The van der Waals surface area contributed by atoms with E-state index in [-0.39, 0.29) is 18.3 Å². The van der Waals surface area contributed by atoms with Crippen LogP contribution in [-0.4, -0.2) is 48.8 Å². The molecule has 2 bridgehead atoms. The fourth-order valence-electron chi connectivity index (χ4n) is 3.30. The number of thioether (sulfide) groups is 1. The highest BCUT2D eigenvalue weighted by molar-refractivity contribution is 8.00. The molecule has 0 radical (unpaired) electrons. The van der Waals surface area contributed by atoms with E-state index in [1.165, 1.54) is 6.42 Å². The maximum atomic E-state index is 12.6. The van der Waals surface area contributed by atoms with E-state index in [9.17, 15) is 4.79 Å². The summed E-state index contributed by atoms with van der Waals surface area (Å²) in [4.78, 5) is 15.8. The zero-order valence-electron chi connectivity index (χ0n) is 12.8. The highest BCUT2D eigenvalue weighted by Gasteiger charge is 2.37. The first kappa shape index (κ1) is 17.4. The van der Waals surface area contributed by atoms with E-state index < -0.39 is 0 Å². The van der Waals surface area contributed by atoms with Crippen molar-refractivity contribution < 1.29 is 9.53 Å². The van der Waals surface area contributed by atoms with Gasteiger partial charge in [0.05, 0.1) is 12.9 Å². The number of amides is 1. The third-order valence-electron chi connectivity index (χ3n) is 4.35. The van der Waals surface area contributed by atoms with Crippen LogP contribution in [0.4, 0.5) is 0 Å². The predicted octanol–water partition coefficient (Wildman–Crippen LogP) is 2.56. The minimum Gasteiger partial charge on any atom is -0.497 e. The molecule has 122 valence electrons. The number of carbonyl (C=O) groups excluding carboxylic acids is 1. The number of rotatable bonds is 4. The van der Waals surface area contributed by atoms with Gasteiger partial charge in [0.15, 0.2) is 0 Å². The molecule has 2 aliphatic rings. The second-order valence-corrected chi connectivity index (χ2v) is 6.70. The zero-order chi connectivity index (χ0) is 14.7. The minimum absolute atomic E-state index is 0. The Labute approximate surface area is 142 Å². The van der Waals surface area contributed by atoms with Crippen LogP contribution >= 0.6 is 24.2 Å². The van der Waals surface area contributed by atoms with Crippen LogP contribution in [0.5, 0.6) is 5.75 Å². The molecule has 1 aromatic carbocycles. The summed E-state index contributed by atoms with van der Waals surface area (Å²) >= 11 is 1.60. The molecule has 3 rings (SSSR count). The molecule has 2 aliphatic heterocycles. The Bertz CT molecular complexity index is 501. The maximum Gasteiger partial charge on any atom is 0.233 e. The van der Waals surface area contributed by atoms with Gasteiger partial charge in [-0.25, -0.2) is 0 Å². The number of ether oxygens (including phenoxy) is 1. The van der Waals surface area contributed by atoms with Crippen LogP contribution in [0.25, 0.3) is 0 Å². The quantitative estimate of drug-likeness (QED) is 0.854. The van der Waals surface area contributed by atoms with Gasteiger partial charge in [-0.1, -0.05) is 6.07 Å². The Morgan fingerprint density at radius 1 is 1.36 bits per heavy atom. The van der Waals surface area contributed by atoms with Crippen molar-refractivity contribution in [3.05, 3.63) is 24.3 Å². The number of nitrogens with zero attached hydrogens (tertiary/aromatic N) is 1. The van der Waals surface area contributed by atoms with E-state index in [0.29, 0.717) is 17.8 Å². The fraction of sp³-hybridized carbons (Fsp3) is 0.562. The van der Waals surface area contributed by atoms with Gasteiger partial charge in [0.1, 0.15) is 5.75 Å². The van der Waals surface area contributed by atoms with Crippen molar-refractivity contribution in [3.63, 3.8) is 0 Å². The molecule has 2 unspecified atom stereocenters. The summed E-state index contributed by atoms with van der Waals surface area (Å²) in [6, 6.07) is 8.74. The fourth-order valence-corrected chi connectivity index (χ4v) is 4.11. The van der Waals surface area contributed by atoms with Gasteiger partial charge in [-0.15, -0.1) is 24.2 Å². The molecule has 1 amide bonds. The summed E-state index contributed by atoms with van der Waals surface area (Å²) in [7, 11) is 1.66. The molecular formula is C16H23ClN2O2S. The molecule has 2 heterocycles. The lowest BCUT2D eigenvalue weighted by Gasteiger charge is -2.27. The van der Waals surface area contributed by atoms with Gasteiger partial charge in [-0.2, -0.15) is 0 Å². The summed E-state index contributed by atoms with van der Waals surface area (Å²) < 4.78 is 5.22. The van der Waals surface area contributed by atoms with Crippen molar-refractivity contribution in [3.8, 4) is 5.75 Å². The largest absolute Gasteiger partial charge is 0.497 e. The Balaban J connectivity index is 0.00000176. The summed E-state index contributed by atoms with van der Waals surface area (Å²) in [6.07, 6.45) is 3.40. The molecule has 0 aromatic heterocycles. The molecule has 2 fully saturated rings. The third kappa shape index (κ3) is 3.89. The molecule has 2 saturated heterocycles. The number of fused-ring (bicyclic) bond motifs is 2. The molecule has 1 aromatic rings. The molecule has 22 heavy (non-hydrogen) atoms.